The monoisotopic (exact) mass is 282 g/mol. The molecule has 0 aliphatic heterocycles. The predicted octanol–water partition coefficient (Wildman–Crippen LogP) is 1.09. The third-order valence-electron chi connectivity index (χ3n) is 3.65. The first-order valence-corrected chi connectivity index (χ1v) is 6.49. The van der Waals surface area contributed by atoms with Crippen molar-refractivity contribution in [1.29, 1.82) is 0 Å². The summed E-state index contributed by atoms with van der Waals surface area (Å²) in [7, 11) is 1.84. The number of rotatable bonds is 5. The molecule has 20 heavy (non-hydrogen) atoms. The SMILES string of the molecule is CCC(C)(NC(=O)NCc1c(C)nn(C)c1C)C(=O)O. The second-order valence-electron chi connectivity index (χ2n) is 5.07. The quantitative estimate of drug-likeness (QED) is 0.753. The molecule has 7 heteroatoms. The van der Waals surface area contributed by atoms with E-state index in [1.165, 1.54) is 6.92 Å². The summed E-state index contributed by atoms with van der Waals surface area (Å²) in [5.74, 6) is -1.05. The highest BCUT2D eigenvalue weighted by Gasteiger charge is 2.32. The van der Waals surface area contributed by atoms with Crippen LogP contribution in [0.15, 0.2) is 0 Å². The lowest BCUT2D eigenvalue weighted by Crippen LogP contribution is -2.54. The van der Waals surface area contributed by atoms with Gasteiger partial charge in [0.05, 0.1) is 5.69 Å². The molecule has 0 spiro atoms. The second-order valence-corrected chi connectivity index (χ2v) is 5.07. The largest absolute Gasteiger partial charge is 0.480 e. The Morgan fingerprint density at radius 1 is 1.40 bits per heavy atom. The number of nitrogens with one attached hydrogen (secondary N) is 2. The molecule has 112 valence electrons. The van der Waals surface area contributed by atoms with Gasteiger partial charge in [-0.1, -0.05) is 6.92 Å². The number of carboxylic acid groups (broad SMARTS) is 1. The third kappa shape index (κ3) is 3.28. The van der Waals surface area contributed by atoms with E-state index < -0.39 is 17.5 Å². The van der Waals surface area contributed by atoms with Crippen LogP contribution in [-0.4, -0.2) is 32.4 Å². The Bertz CT molecular complexity index is 524. The van der Waals surface area contributed by atoms with Gasteiger partial charge in [0.25, 0.3) is 0 Å². The molecular weight excluding hydrogens is 260 g/mol. The molecule has 1 aromatic heterocycles. The molecule has 0 fully saturated rings. The summed E-state index contributed by atoms with van der Waals surface area (Å²) in [5, 5.41) is 18.5. The standard InChI is InChI=1S/C13H22N4O3/c1-6-13(4,11(18)19)15-12(20)14-7-10-8(2)16-17(5)9(10)3/h6-7H2,1-5H3,(H,18,19)(H2,14,15,20). The van der Waals surface area contributed by atoms with Crippen molar-refractivity contribution >= 4 is 12.0 Å². The van der Waals surface area contributed by atoms with E-state index in [1.807, 2.05) is 20.9 Å². The Hall–Kier alpha value is -2.05. The molecule has 1 rings (SSSR count). The van der Waals surface area contributed by atoms with Crippen LogP contribution < -0.4 is 10.6 Å². The Morgan fingerprint density at radius 3 is 2.40 bits per heavy atom. The number of aryl methyl sites for hydroxylation is 2. The zero-order chi connectivity index (χ0) is 15.5. The average Bonchev–Trinajstić information content (AvgIpc) is 2.61. The van der Waals surface area contributed by atoms with Gasteiger partial charge in [-0.2, -0.15) is 5.10 Å². The minimum atomic E-state index is -1.26. The van der Waals surface area contributed by atoms with E-state index >= 15 is 0 Å². The van der Waals surface area contributed by atoms with Gasteiger partial charge in [0, 0.05) is 24.8 Å². The summed E-state index contributed by atoms with van der Waals surface area (Å²) in [6.45, 7) is 7.30. The summed E-state index contributed by atoms with van der Waals surface area (Å²) >= 11 is 0. The van der Waals surface area contributed by atoms with E-state index in [0.717, 1.165) is 17.0 Å². The Kier molecular flexibility index (Phi) is 4.75. The van der Waals surface area contributed by atoms with Crippen LogP contribution in [0.4, 0.5) is 4.79 Å². The molecule has 1 heterocycles. The lowest BCUT2D eigenvalue weighted by molar-refractivity contribution is -0.143. The van der Waals surface area contributed by atoms with Crippen molar-refractivity contribution in [2.24, 2.45) is 7.05 Å². The molecule has 1 unspecified atom stereocenters. The van der Waals surface area contributed by atoms with Crippen LogP contribution in [0.3, 0.4) is 0 Å². The first kappa shape index (κ1) is 16.0. The molecule has 0 saturated carbocycles. The molecular formula is C13H22N4O3. The zero-order valence-corrected chi connectivity index (χ0v) is 12.6. The van der Waals surface area contributed by atoms with Crippen molar-refractivity contribution in [1.82, 2.24) is 20.4 Å². The molecule has 0 aliphatic rings. The number of carboxylic acids is 1. The van der Waals surface area contributed by atoms with Gasteiger partial charge < -0.3 is 15.7 Å². The number of amides is 2. The van der Waals surface area contributed by atoms with Crippen LogP contribution >= 0.6 is 0 Å². The molecule has 2 amide bonds. The average molecular weight is 282 g/mol. The molecule has 1 aromatic rings. The van der Waals surface area contributed by atoms with Gasteiger partial charge in [-0.3, -0.25) is 4.68 Å². The number of carbonyl (C=O) groups excluding carboxylic acids is 1. The van der Waals surface area contributed by atoms with Crippen molar-refractivity contribution < 1.29 is 14.7 Å². The number of carbonyl (C=O) groups is 2. The van der Waals surface area contributed by atoms with Gasteiger partial charge in [-0.25, -0.2) is 9.59 Å². The summed E-state index contributed by atoms with van der Waals surface area (Å²) in [6.07, 6.45) is 0.306. The minimum absolute atomic E-state index is 0.306. The van der Waals surface area contributed by atoms with Gasteiger partial charge >= 0.3 is 12.0 Å². The zero-order valence-electron chi connectivity index (χ0n) is 12.6. The van der Waals surface area contributed by atoms with E-state index in [1.54, 1.807) is 11.6 Å². The van der Waals surface area contributed by atoms with Gasteiger partial charge in [0.2, 0.25) is 0 Å². The van der Waals surface area contributed by atoms with Crippen molar-refractivity contribution in [3.8, 4) is 0 Å². The maximum Gasteiger partial charge on any atom is 0.329 e. The molecule has 0 bridgehead atoms. The molecule has 0 saturated heterocycles. The number of aliphatic carboxylic acids is 1. The van der Waals surface area contributed by atoms with E-state index in [0.29, 0.717) is 13.0 Å². The summed E-state index contributed by atoms with van der Waals surface area (Å²) in [4.78, 5) is 22.9. The van der Waals surface area contributed by atoms with Crippen LogP contribution in [0.25, 0.3) is 0 Å². The lowest BCUT2D eigenvalue weighted by Gasteiger charge is -2.24. The predicted molar refractivity (Wildman–Crippen MR) is 74.4 cm³/mol. The fourth-order valence-electron chi connectivity index (χ4n) is 1.83. The number of aromatic nitrogens is 2. The summed E-state index contributed by atoms with van der Waals surface area (Å²) in [6, 6.07) is -0.501. The Labute approximate surface area is 118 Å². The Balaban J connectivity index is 2.66. The first-order valence-electron chi connectivity index (χ1n) is 6.49. The highest BCUT2D eigenvalue weighted by Crippen LogP contribution is 2.12. The number of nitrogens with zero attached hydrogens (tertiary/aromatic N) is 2. The highest BCUT2D eigenvalue weighted by molar-refractivity contribution is 5.85. The third-order valence-corrected chi connectivity index (χ3v) is 3.65. The van der Waals surface area contributed by atoms with E-state index in [2.05, 4.69) is 15.7 Å². The normalized spacial score (nSPS) is 13.7. The molecule has 7 nitrogen and oxygen atoms in total. The molecule has 1 atom stereocenters. The van der Waals surface area contributed by atoms with Crippen LogP contribution in [0.1, 0.15) is 37.2 Å². The van der Waals surface area contributed by atoms with E-state index in [9.17, 15) is 9.59 Å². The number of hydrogen-bond donors (Lipinski definition) is 3. The van der Waals surface area contributed by atoms with Crippen molar-refractivity contribution in [2.45, 2.75) is 46.2 Å². The van der Waals surface area contributed by atoms with Crippen LogP contribution in [-0.2, 0) is 18.4 Å². The van der Waals surface area contributed by atoms with Gasteiger partial charge in [0.15, 0.2) is 0 Å². The lowest BCUT2D eigenvalue weighted by atomic mass is 10.00. The van der Waals surface area contributed by atoms with Gasteiger partial charge in [-0.15, -0.1) is 0 Å². The van der Waals surface area contributed by atoms with Crippen LogP contribution in [0.2, 0.25) is 0 Å². The summed E-state index contributed by atoms with van der Waals surface area (Å²) < 4.78 is 1.75. The Morgan fingerprint density at radius 2 is 2.00 bits per heavy atom. The van der Waals surface area contributed by atoms with E-state index in [4.69, 9.17) is 5.11 Å². The topological polar surface area (TPSA) is 96.3 Å². The molecule has 0 aromatic carbocycles. The van der Waals surface area contributed by atoms with Gasteiger partial charge in [0.1, 0.15) is 5.54 Å². The van der Waals surface area contributed by atoms with Crippen molar-refractivity contribution in [3.63, 3.8) is 0 Å². The van der Waals surface area contributed by atoms with Gasteiger partial charge in [-0.05, 0) is 27.2 Å². The number of urea groups is 1. The molecule has 0 aliphatic carbocycles. The number of hydrogen-bond acceptors (Lipinski definition) is 3. The van der Waals surface area contributed by atoms with E-state index in [-0.39, 0.29) is 0 Å². The molecule has 3 N–H and O–H groups in total. The second kappa shape index (κ2) is 5.94. The summed E-state index contributed by atoms with van der Waals surface area (Å²) in [5.41, 5.74) is 1.50. The first-order chi connectivity index (χ1) is 9.21. The smallest absolute Gasteiger partial charge is 0.329 e. The van der Waals surface area contributed by atoms with Crippen molar-refractivity contribution in [3.05, 3.63) is 17.0 Å². The fourth-order valence-corrected chi connectivity index (χ4v) is 1.83. The minimum Gasteiger partial charge on any atom is -0.480 e. The van der Waals surface area contributed by atoms with Crippen LogP contribution in [0, 0.1) is 13.8 Å². The highest BCUT2D eigenvalue weighted by atomic mass is 16.4. The van der Waals surface area contributed by atoms with Crippen LogP contribution in [0.5, 0.6) is 0 Å². The maximum atomic E-state index is 11.8. The van der Waals surface area contributed by atoms with Crippen molar-refractivity contribution in [2.75, 3.05) is 0 Å². The fraction of sp³-hybridized carbons (Fsp3) is 0.615. The molecule has 0 radical (unpaired) electrons. The maximum absolute atomic E-state index is 11.8.